The molecule has 0 bridgehead atoms. The average Bonchev–Trinajstić information content (AvgIpc) is 3.05. The molecule has 4 rings (SSSR count). The second-order valence-electron chi connectivity index (χ2n) is 6.81. The molecule has 1 aliphatic rings. The molecule has 3 N–H and O–H groups in total. The predicted molar refractivity (Wildman–Crippen MR) is 107 cm³/mol. The summed E-state index contributed by atoms with van der Waals surface area (Å²) in [6, 6.07) is 12.3. The number of anilines is 2. The Morgan fingerprint density at radius 2 is 1.93 bits per heavy atom. The molecule has 0 saturated carbocycles. The highest BCUT2D eigenvalue weighted by molar-refractivity contribution is 6.04. The van der Waals surface area contributed by atoms with E-state index in [0.717, 1.165) is 42.8 Å². The molecule has 0 aliphatic carbocycles. The van der Waals surface area contributed by atoms with E-state index in [2.05, 4.69) is 32.5 Å². The minimum Gasteiger partial charge on any atom is -0.383 e. The lowest BCUT2D eigenvalue weighted by Gasteiger charge is -2.29. The standard InChI is InChI=1S/C19H22BN7/c20-26-10-7-15(8-11-26)24-19-22-9-6-17(25-19)16-12-23-27(18(16)21)13-14-4-2-1-3-5-14/h1-6,9,12,15H,7-8,10-11,13,21H2,(H,22,24,25). The number of rotatable bonds is 5. The van der Waals surface area contributed by atoms with Crippen LogP contribution in [0.1, 0.15) is 18.4 Å². The summed E-state index contributed by atoms with van der Waals surface area (Å²) < 4.78 is 1.79. The number of hydrogen-bond acceptors (Lipinski definition) is 6. The van der Waals surface area contributed by atoms with E-state index < -0.39 is 0 Å². The zero-order valence-corrected chi connectivity index (χ0v) is 15.1. The molecule has 0 spiro atoms. The van der Waals surface area contributed by atoms with E-state index in [1.807, 2.05) is 29.1 Å². The van der Waals surface area contributed by atoms with Gasteiger partial charge < -0.3 is 15.9 Å². The third-order valence-electron chi connectivity index (χ3n) is 4.85. The minimum absolute atomic E-state index is 0.332. The summed E-state index contributed by atoms with van der Waals surface area (Å²) in [7, 11) is 5.82. The Bertz CT molecular complexity index is 888. The maximum absolute atomic E-state index is 6.33. The molecule has 8 heteroatoms. The topological polar surface area (TPSA) is 84.9 Å². The molecule has 1 aromatic carbocycles. The van der Waals surface area contributed by atoms with Gasteiger partial charge in [0.05, 0.1) is 24.0 Å². The number of aromatic nitrogens is 4. The predicted octanol–water partition coefficient (Wildman–Crippen LogP) is 1.93. The van der Waals surface area contributed by atoms with Crippen LogP contribution in [0.4, 0.5) is 11.8 Å². The van der Waals surface area contributed by atoms with Gasteiger partial charge in [-0.25, -0.2) is 14.6 Å². The lowest BCUT2D eigenvalue weighted by Crippen LogP contribution is -2.37. The average molecular weight is 359 g/mol. The molecule has 7 nitrogen and oxygen atoms in total. The molecule has 3 heterocycles. The molecule has 136 valence electrons. The molecule has 2 radical (unpaired) electrons. The lowest BCUT2D eigenvalue weighted by atomic mass is 10.0. The molecule has 0 unspecified atom stereocenters. The van der Waals surface area contributed by atoms with Gasteiger partial charge in [0.1, 0.15) is 5.82 Å². The molecule has 0 atom stereocenters. The van der Waals surface area contributed by atoms with E-state index in [4.69, 9.17) is 13.7 Å². The largest absolute Gasteiger partial charge is 0.383 e. The Labute approximate surface area is 160 Å². The van der Waals surface area contributed by atoms with Crippen molar-refractivity contribution < 1.29 is 0 Å². The number of nitrogens with zero attached hydrogens (tertiary/aromatic N) is 5. The summed E-state index contributed by atoms with van der Waals surface area (Å²) >= 11 is 0. The van der Waals surface area contributed by atoms with Crippen molar-refractivity contribution in [3.8, 4) is 11.3 Å². The molecule has 3 aromatic rings. The van der Waals surface area contributed by atoms with Crippen LogP contribution in [0.5, 0.6) is 0 Å². The fourth-order valence-electron chi connectivity index (χ4n) is 3.28. The van der Waals surface area contributed by atoms with Crippen LogP contribution in [-0.2, 0) is 6.54 Å². The zero-order chi connectivity index (χ0) is 18.6. The first-order valence-corrected chi connectivity index (χ1v) is 9.14. The van der Waals surface area contributed by atoms with E-state index in [1.54, 1.807) is 17.1 Å². The summed E-state index contributed by atoms with van der Waals surface area (Å²) in [5.74, 6) is 1.21. The normalized spacial score (nSPS) is 15.7. The van der Waals surface area contributed by atoms with Gasteiger partial charge in [-0.3, -0.25) is 0 Å². The third kappa shape index (κ3) is 4.11. The van der Waals surface area contributed by atoms with Crippen molar-refractivity contribution in [3.05, 3.63) is 54.4 Å². The highest BCUT2D eigenvalue weighted by Crippen LogP contribution is 2.25. The maximum Gasteiger partial charge on any atom is 0.223 e. The Balaban J connectivity index is 1.50. The number of piperidine rings is 1. The Morgan fingerprint density at radius 3 is 2.70 bits per heavy atom. The van der Waals surface area contributed by atoms with Crippen LogP contribution in [0, 0.1) is 0 Å². The second kappa shape index (κ2) is 7.79. The summed E-state index contributed by atoms with van der Waals surface area (Å²) in [6.45, 7) is 2.37. The molecule has 0 amide bonds. The first-order chi connectivity index (χ1) is 13.2. The third-order valence-corrected chi connectivity index (χ3v) is 4.85. The van der Waals surface area contributed by atoms with E-state index >= 15 is 0 Å². The van der Waals surface area contributed by atoms with E-state index in [1.165, 1.54) is 0 Å². The van der Waals surface area contributed by atoms with Crippen LogP contribution in [0.15, 0.2) is 48.8 Å². The zero-order valence-electron chi connectivity index (χ0n) is 15.1. The van der Waals surface area contributed by atoms with E-state index in [9.17, 15) is 0 Å². The van der Waals surface area contributed by atoms with Crippen LogP contribution in [0.3, 0.4) is 0 Å². The molecule has 1 aliphatic heterocycles. The Morgan fingerprint density at radius 1 is 1.15 bits per heavy atom. The van der Waals surface area contributed by atoms with Gasteiger partial charge in [-0.1, -0.05) is 30.3 Å². The first kappa shape index (κ1) is 17.5. The van der Waals surface area contributed by atoms with Crippen molar-refractivity contribution in [2.24, 2.45) is 0 Å². The molecule has 27 heavy (non-hydrogen) atoms. The van der Waals surface area contributed by atoms with E-state index in [-0.39, 0.29) is 0 Å². The Hall–Kier alpha value is -2.87. The van der Waals surface area contributed by atoms with Crippen LogP contribution in [0.2, 0.25) is 0 Å². The SMILES string of the molecule is [B]N1CCC(Nc2nccc(-c3cnn(Cc4ccccc4)c3N)n2)CC1. The fraction of sp³-hybridized carbons (Fsp3) is 0.316. The maximum atomic E-state index is 6.33. The van der Waals surface area contributed by atoms with Crippen molar-refractivity contribution in [1.29, 1.82) is 0 Å². The number of hydrogen-bond donors (Lipinski definition) is 2. The van der Waals surface area contributed by atoms with Gasteiger partial charge in [0.2, 0.25) is 5.95 Å². The summed E-state index contributed by atoms with van der Waals surface area (Å²) in [5.41, 5.74) is 9.06. The van der Waals surface area contributed by atoms with Gasteiger partial charge in [0, 0.05) is 12.2 Å². The van der Waals surface area contributed by atoms with Crippen molar-refractivity contribution in [1.82, 2.24) is 24.6 Å². The van der Waals surface area contributed by atoms with Gasteiger partial charge in [-0.2, -0.15) is 5.10 Å². The second-order valence-corrected chi connectivity index (χ2v) is 6.81. The highest BCUT2D eigenvalue weighted by atomic mass is 15.3. The Kier molecular flexibility index (Phi) is 5.06. The fourth-order valence-corrected chi connectivity index (χ4v) is 3.28. The van der Waals surface area contributed by atoms with Gasteiger partial charge in [0.25, 0.3) is 0 Å². The molecule has 1 fully saturated rings. The van der Waals surface area contributed by atoms with Gasteiger partial charge in [-0.15, -0.1) is 0 Å². The lowest BCUT2D eigenvalue weighted by molar-refractivity contribution is 0.346. The number of nitrogens with two attached hydrogens (primary N) is 1. The van der Waals surface area contributed by atoms with Crippen LogP contribution in [-0.4, -0.2) is 51.7 Å². The van der Waals surface area contributed by atoms with E-state index in [0.29, 0.717) is 24.4 Å². The first-order valence-electron chi connectivity index (χ1n) is 9.14. The monoisotopic (exact) mass is 359 g/mol. The number of nitrogen functional groups attached to an aromatic ring is 1. The van der Waals surface area contributed by atoms with Crippen LogP contribution in [0.25, 0.3) is 11.3 Å². The molecule has 1 saturated heterocycles. The van der Waals surface area contributed by atoms with Gasteiger partial charge in [0.15, 0.2) is 7.98 Å². The van der Waals surface area contributed by atoms with Gasteiger partial charge >= 0.3 is 0 Å². The summed E-state index contributed by atoms with van der Waals surface area (Å²) in [4.78, 5) is 10.8. The highest BCUT2D eigenvalue weighted by Gasteiger charge is 2.18. The van der Waals surface area contributed by atoms with Crippen molar-refractivity contribution in [2.45, 2.75) is 25.4 Å². The number of nitrogens with one attached hydrogen (secondary N) is 1. The quantitative estimate of drug-likeness (QED) is 0.678. The molecule has 2 aromatic heterocycles. The van der Waals surface area contributed by atoms with Crippen molar-refractivity contribution in [2.75, 3.05) is 24.1 Å². The van der Waals surface area contributed by atoms with Crippen LogP contribution < -0.4 is 11.1 Å². The minimum atomic E-state index is 0.332. The molecular formula is C19H22BN7. The summed E-state index contributed by atoms with van der Waals surface area (Å²) in [5, 5.41) is 7.84. The van der Waals surface area contributed by atoms with Crippen molar-refractivity contribution >= 4 is 19.7 Å². The number of benzene rings is 1. The summed E-state index contributed by atoms with van der Waals surface area (Å²) in [6.07, 6.45) is 5.45. The van der Waals surface area contributed by atoms with Crippen LogP contribution >= 0.6 is 0 Å². The van der Waals surface area contributed by atoms with Crippen molar-refractivity contribution in [3.63, 3.8) is 0 Å². The smallest absolute Gasteiger partial charge is 0.223 e. The molecular weight excluding hydrogens is 337 g/mol. The van der Waals surface area contributed by atoms with Gasteiger partial charge in [-0.05, 0) is 37.6 Å².